The van der Waals surface area contributed by atoms with Crippen molar-refractivity contribution >= 4 is 17.4 Å². The molecule has 0 N–H and O–H groups in total. The Balaban J connectivity index is 2.07. The lowest BCUT2D eigenvalue weighted by molar-refractivity contribution is -0.138. The Morgan fingerprint density at radius 2 is 2.21 bits per heavy atom. The quantitative estimate of drug-likeness (QED) is 0.799. The van der Waals surface area contributed by atoms with Crippen molar-refractivity contribution in [2.45, 2.75) is 32.6 Å². The van der Waals surface area contributed by atoms with E-state index in [1.54, 1.807) is 31.3 Å². The lowest BCUT2D eigenvalue weighted by Crippen LogP contribution is -2.30. The molecule has 1 aliphatic heterocycles. The summed E-state index contributed by atoms with van der Waals surface area (Å²) in [5.41, 5.74) is 3.39. The number of nitrogens with zero attached hydrogens (tertiary/aromatic N) is 2. The molecule has 0 bridgehead atoms. The molecule has 0 aromatic heterocycles. The smallest absolute Gasteiger partial charge is 0.335 e. The lowest BCUT2D eigenvalue weighted by atomic mass is 9.87. The van der Waals surface area contributed by atoms with E-state index >= 15 is 0 Å². The predicted octanol–water partition coefficient (Wildman–Crippen LogP) is 3.22. The third-order valence-corrected chi connectivity index (χ3v) is 4.24. The Bertz CT molecular complexity index is 799. The van der Waals surface area contributed by atoms with Gasteiger partial charge in [-0.15, -0.1) is 0 Å². The minimum absolute atomic E-state index is 0.0904. The summed E-state index contributed by atoms with van der Waals surface area (Å²) in [6.07, 6.45) is 4.16. The molecule has 0 fully saturated rings. The van der Waals surface area contributed by atoms with E-state index in [4.69, 9.17) is 10.00 Å². The van der Waals surface area contributed by atoms with Crippen LogP contribution in [-0.4, -0.2) is 18.4 Å². The number of nitriles is 1. The zero-order valence-electron chi connectivity index (χ0n) is 13.5. The SMILES string of the molecule is CCOC(=O)C1=CN(c2cccc(C#N)c2)C2=C(C1)C(=O)CCC2. The van der Waals surface area contributed by atoms with Gasteiger partial charge >= 0.3 is 5.97 Å². The summed E-state index contributed by atoms with van der Waals surface area (Å²) in [5.74, 6) is -0.309. The molecule has 0 spiro atoms. The fourth-order valence-electron chi connectivity index (χ4n) is 3.12. The predicted molar refractivity (Wildman–Crippen MR) is 88.9 cm³/mol. The van der Waals surface area contributed by atoms with Gasteiger partial charge in [0.05, 0.1) is 23.8 Å². The van der Waals surface area contributed by atoms with Gasteiger partial charge in [-0.3, -0.25) is 4.79 Å². The highest BCUT2D eigenvalue weighted by molar-refractivity contribution is 6.02. The van der Waals surface area contributed by atoms with Crippen LogP contribution in [0.1, 0.15) is 38.2 Å². The maximum Gasteiger partial charge on any atom is 0.335 e. The normalized spacial score (nSPS) is 17.1. The van der Waals surface area contributed by atoms with Crippen molar-refractivity contribution < 1.29 is 14.3 Å². The van der Waals surface area contributed by atoms with Crippen LogP contribution in [0.4, 0.5) is 5.69 Å². The van der Waals surface area contributed by atoms with Crippen LogP contribution in [0.2, 0.25) is 0 Å². The van der Waals surface area contributed by atoms with Crippen molar-refractivity contribution in [3.05, 3.63) is 52.9 Å². The summed E-state index contributed by atoms with van der Waals surface area (Å²) < 4.78 is 5.11. The molecule has 0 saturated carbocycles. The molecule has 24 heavy (non-hydrogen) atoms. The molecule has 3 rings (SSSR count). The highest BCUT2D eigenvalue weighted by Crippen LogP contribution is 2.37. The van der Waals surface area contributed by atoms with Gasteiger partial charge in [0, 0.05) is 36.0 Å². The molecule has 5 heteroatoms. The summed E-state index contributed by atoms with van der Waals surface area (Å²) in [7, 11) is 0. The number of rotatable bonds is 3. The number of ketones is 1. The van der Waals surface area contributed by atoms with Gasteiger partial charge in [-0.2, -0.15) is 5.26 Å². The largest absolute Gasteiger partial charge is 0.463 e. The minimum atomic E-state index is -0.399. The third-order valence-electron chi connectivity index (χ3n) is 4.24. The Kier molecular flexibility index (Phi) is 4.48. The number of ether oxygens (including phenoxy) is 1. The zero-order chi connectivity index (χ0) is 17.1. The highest BCUT2D eigenvalue weighted by atomic mass is 16.5. The summed E-state index contributed by atoms with van der Waals surface area (Å²) in [4.78, 5) is 26.4. The first-order chi connectivity index (χ1) is 11.6. The molecule has 1 aromatic carbocycles. The Morgan fingerprint density at radius 1 is 1.38 bits per heavy atom. The molecule has 122 valence electrons. The fraction of sp³-hybridized carbons (Fsp3) is 0.316. The van der Waals surface area contributed by atoms with E-state index in [0.29, 0.717) is 36.2 Å². The number of esters is 1. The van der Waals surface area contributed by atoms with Crippen molar-refractivity contribution in [1.82, 2.24) is 0 Å². The van der Waals surface area contributed by atoms with Gasteiger partial charge in [0.25, 0.3) is 0 Å². The Labute approximate surface area is 140 Å². The van der Waals surface area contributed by atoms with Crippen LogP contribution >= 0.6 is 0 Å². The van der Waals surface area contributed by atoms with E-state index in [-0.39, 0.29) is 5.78 Å². The first-order valence-electron chi connectivity index (χ1n) is 8.06. The topological polar surface area (TPSA) is 70.4 Å². The number of Topliss-reactive ketones (excluding diaryl/α,β-unsaturated/α-hetero) is 1. The molecular formula is C19H18N2O3. The average molecular weight is 322 g/mol. The summed E-state index contributed by atoms with van der Waals surface area (Å²) in [6.45, 7) is 2.05. The van der Waals surface area contributed by atoms with Crippen molar-refractivity contribution in [3.63, 3.8) is 0 Å². The van der Waals surface area contributed by atoms with Crippen molar-refractivity contribution in [2.75, 3.05) is 11.5 Å². The van der Waals surface area contributed by atoms with Crippen LogP contribution in [0.3, 0.4) is 0 Å². The molecule has 2 aliphatic rings. The monoisotopic (exact) mass is 322 g/mol. The molecular weight excluding hydrogens is 304 g/mol. The van der Waals surface area contributed by atoms with Gasteiger partial charge in [0.2, 0.25) is 0 Å². The van der Waals surface area contributed by atoms with Gasteiger partial charge < -0.3 is 9.64 Å². The summed E-state index contributed by atoms with van der Waals surface area (Å²) in [6, 6.07) is 9.27. The van der Waals surface area contributed by atoms with E-state index in [0.717, 1.165) is 24.2 Å². The number of carbonyl (C=O) groups is 2. The number of benzene rings is 1. The molecule has 1 heterocycles. The van der Waals surface area contributed by atoms with Gasteiger partial charge in [-0.25, -0.2) is 4.79 Å². The third kappa shape index (κ3) is 2.95. The summed E-state index contributed by atoms with van der Waals surface area (Å²) in [5, 5.41) is 9.12. The molecule has 0 atom stereocenters. The molecule has 0 saturated heterocycles. The molecule has 0 unspecified atom stereocenters. The second-order valence-corrected chi connectivity index (χ2v) is 5.79. The molecule has 1 aliphatic carbocycles. The number of allylic oxidation sites excluding steroid dienone is 2. The lowest BCUT2D eigenvalue weighted by Gasteiger charge is -2.33. The van der Waals surface area contributed by atoms with Crippen LogP contribution in [-0.2, 0) is 14.3 Å². The van der Waals surface area contributed by atoms with Crippen LogP contribution in [0.15, 0.2) is 47.3 Å². The number of carbonyl (C=O) groups excluding carboxylic acids is 2. The Morgan fingerprint density at radius 3 is 2.96 bits per heavy atom. The van der Waals surface area contributed by atoms with Crippen LogP contribution in [0.25, 0.3) is 0 Å². The highest BCUT2D eigenvalue weighted by Gasteiger charge is 2.31. The van der Waals surface area contributed by atoms with E-state index in [1.165, 1.54) is 0 Å². The molecule has 0 amide bonds. The maximum atomic E-state index is 12.3. The van der Waals surface area contributed by atoms with Crippen molar-refractivity contribution in [3.8, 4) is 6.07 Å². The van der Waals surface area contributed by atoms with Crippen molar-refractivity contribution in [2.24, 2.45) is 0 Å². The maximum absolute atomic E-state index is 12.3. The van der Waals surface area contributed by atoms with E-state index in [2.05, 4.69) is 6.07 Å². The van der Waals surface area contributed by atoms with Crippen LogP contribution in [0.5, 0.6) is 0 Å². The number of anilines is 1. The first-order valence-corrected chi connectivity index (χ1v) is 8.06. The van der Waals surface area contributed by atoms with E-state index < -0.39 is 5.97 Å². The van der Waals surface area contributed by atoms with E-state index in [1.807, 2.05) is 11.0 Å². The Hall–Kier alpha value is -2.87. The van der Waals surface area contributed by atoms with Gasteiger partial charge in [0.1, 0.15) is 0 Å². The minimum Gasteiger partial charge on any atom is -0.463 e. The van der Waals surface area contributed by atoms with Crippen LogP contribution < -0.4 is 4.90 Å². The average Bonchev–Trinajstić information content (AvgIpc) is 2.61. The second-order valence-electron chi connectivity index (χ2n) is 5.79. The second kappa shape index (κ2) is 6.71. The van der Waals surface area contributed by atoms with Crippen molar-refractivity contribution in [1.29, 1.82) is 5.26 Å². The number of hydrogen-bond acceptors (Lipinski definition) is 5. The van der Waals surface area contributed by atoms with Gasteiger partial charge in [-0.1, -0.05) is 6.07 Å². The molecule has 1 aromatic rings. The van der Waals surface area contributed by atoms with Gasteiger partial charge in [0.15, 0.2) is 5.78 Å². The van der Waals surface area contributed by atoms with Crippen LogP contribution in [0, 0.1) is 11.3 Å². The first kappa shape index (κ1) is 16.0. The van der Waals surface area contributed by atoms with E-state index in [9.17, 15) is 9.59 Å². The standard InChI is InChI=1S/C19H18N2O3/c1-2-24-19(23)14-10-16-17(7-4-8-18(16)22)21(12-14)15-6-3-5-13(9-15)11-20/h3,5-6,9,12H,2,4,7-8,10H2,1H3. The molecule has 5 nitrogen and oxygen atoms in total. The summed E-state index contributed by atoms with van der Waals surface area (Å²) >= 11 is 0. The fourth-order valence-corrected chi connectivity index (χ4v) is 3.12. The zero-order valence-corrected chi connectivity index (χ0v) is 13.5. The van der Waals surface area contributed by atoms with Gasteiger partial charge in [-0.05, 0) is 38.0 Å². The molecule has 0 radical (unpaired) electrons. The number of hydrogen-bond donors (Lipinski definition) is 0.